The number of hydrogen-bond acceptors (Lipinski definition) is 7. The zero-order chi connectivity index (χ0) is 14.1. The fraction of sp³-hybridized carbons (Fsp3) is 0.600. The summed E-state index contributed by atoms with van der Waals surface area (Å²) in [6.45, 7) is 0.337. The summed E-state index contributed by atoms with van der Waals surface area (Å²) in [5.74, 6) is 1.97. The third-order valence-corrected chi connectivity index (χ3v) is 3.98. The smallest absolute Gasteiger partial charge is 0.259 e. The van der Waals surface area contributed by atoms with E-state index in [1.165, 1.54) is 18.4 Å². The van der Waals surface area contributed by atoms with Gasteiger partial charge in [0, 0.05) is 35.4 Å². The van der Waals surface area contributed by atoms with Crippen LogP contribution in [0.5, 0.6) is 0 Å². The third-order valence-electron chi connectivity index (χ3n) is 2.11. The normalized spacial score (nSPS) is 11.6. The second kappa shape index (κ2) is 8.83. The van der Waals surface area contributed by atoms with Crippen molar-refractivity contribution in [3.8, 4) is 0 Å². The highest BCUT2D eigenvalue weighted by molar-refractivity contribution is 7.98. The SMILES string of the molecule is CN=C(C[N+](=O)[O-])NCCSCc1csc(CO)n1. The maximum atomic E-state index is 10.3. The Morgan fingerprint density at radius 3 is 3.11 bits per heavy atom. The lowest BCUT2D eigenvalue weighted by molar-refractivity contribution is -0.463. The van der Waals surface area contributed by atoms with Crippen LogP contribution in [0.3, 0.4) is 0 Å². The molecule has 9 heteroatoms. The van der Waals surface area contributed by atoms with Crippen molar-refractivity contribution in [1.82, 2.24) is 10.3 Å². The summed E-state index contributed by atoms with van der Waals surface area (Å²) >= 11 is 3.12. The monoisotopic (exact) mass is 304 g/mol. The minimum Gasteiger partial charge on any atom is -0.389 e. The van der Waals surface area contributed by atoms with E-state index in [9.17, 15) is 10.1 Å². The fourth-order valence-corrected chi connectivity index (χ4v) is 2.77. The maximum absolute atomic E-state index is 10.3. The molecular formula is C10H16N4O3S2. The predicted octanol–water partition coefficient (Wildman–Crippen LogP) is 0.763. The summed E-state index contributed by atoms with van der Waals surface area (Å²) in [7, 11) is 1.53. The van der Waals surface area contributed by atoms with Crippen molar-refractivity contribution in [3.63, 3.8) is 0 Å². The summed E-state index contributed by atoms with van der Waals surface area (Å²) in [4.78, 5) is 18.0. The minimum atomic E-state index is -0.409. The van der Waals surface area contributed by atoms with Crippen molar-refractivity contribution < 1.29 is 10.0 Å². The average Bonchev–Trinajstić information content (AvgIpc) is 2.84. The van der Waals surface area contributed by atoms with Crippen LogP contribution in [0.15, 0.2) is 10.4 Å². The number of aliphatic imine (C=N–C) groups is 1. The van der Waals surface area contributed by atoms with Gasteiger partial charge in [-0.3, -0.25) is 15.1 Å². The topological polar surface area (TPSA) is 101 Å². The highest BCUT2D eigenvalue weighted by Crippen LogP contribution is 2.15. The highest BCUT2D eigenvalue weighted by atomic mass is 32.2. The van der Waals surface area contributed by atoms with Gasteiger partial charge in [-0.25, -0.2) is 4.98 Å². The van der Waals surface area contributed by atoms with Crippen molar-refractivity contribution in [3.05, 3.63) is 26.2 Å². The second-order valence-electron chi connectivity index (χ2n) is 3.53. The van der Waals surface area contributed by atoms with E-state index >= 15 is 0 Å². The summed E-state index contributed by atoms with van der Waals surface area (Å²) in [6.07, 6.45) is 0. The van der Waals surface area contributed by atoms with Gasteiger partial charge in [0.15, 0.2) is 5.84 Å². The zero-order valence-corrected chi connectivity index (χ0v) is 12.2. The molecule has 1 aromatic heterocycles. The summed E-state index contributed by atoms with van der Waals surface area (Å²) in [5, 5.41) is 24.8. The van der Waals surface area contributed by atoms with Gasteiger partial charge in [0.05, 0.1) is 12.3 Å². The van der Waals surface area contributed by atoms with Crippen LogP contribution in [0.4, 0.5) is 0 Å². The molecule has 0 aliphatic rings. The summed E-state index contributed by atoms with van der Waals surface area (Å²) in [6, 6.07) is 0. The average molecular weight is 304 g/mol. The van der Waals surface area contributed by atoms with Crippen LogP contribution in [0.1, 0.15) is 10.7 Å². The molecule has 2 N–H and O–H groups in total. The lowest BCUT2D eigenvalue weighted by Gasteiger charge is -2.05. The van der Waals surface area contributed by atoms with E-state index in [4.69, 9.17) is 5.11 Å². The molecule has 1 aromatic rings. The first-order valence-corrected chi connectivity index (χ1v) is 7.62. The molecule has 1 heterocycles. The molecule has 106 valence electrons. The Kier molecular flexibility index (Phi) is 7.38. The van der Waals surface area contributed by atoms with Crippen LogP contribution in [0, 0.1) is 10.1 Å². The molecule has 0 atom stereocenters. The van der Waals surface area contributed by atoms with Crippen molar-refractivity contribution in [2.24, 2.45) is 4.99 Å². The van der Waals surface area contributed by atoms with Gasteiger partial charge in [-0.15, -0.1) is 11.3 Å². The molecule has 0 spiro atoms. The van der Waals surface area contributed by atoms with Gasteiger partial charge in [-0.2, -0.15) is 11.8 Å². The number of aliphatic hydroxyl groups excluding tert-OH is 1. The molecule has 0 aliphatic heterocycles. The van der Waals surface area contributed by atoms with E-state index in [-0.39, 0.29) is 13.2 Å². The van der Waals surface area contributed by atoms with Gasteiger partial charge >= 0.3 is 0 Å². The minimum absolute atomic E-state index is 0.0197. The molecule has 0 aliphatic carbocycles. The fourth-order valence-electron chi connectivity index (χ4n) is 1.26. The Balaban J connectivity index is 2.15. The molecule has 0 saturated heterocycles. The van der Waals surface area contributed by atoms with Gasteiger partial charge in [-0.05, 0) is 0 Å². The number of nitrogens with zero attached hydrogens (tertiary/aromatic N) is 3. The van der Waals surface area contributed by atoms with Crippen LogP contribution >= 0.6 is 23.1 Å². The number of amidine groups is 1. The molecule has 0 bridgehead atoms. The molecule has 19 heavy (non-hydrogen) atoms. The molecule has 0 unspecified atom stereocenters. The first kappa shape index (κ1) is 15.9. The molecule has 0 aromatic carbocycles. The number of thioether (sulfide) groups is 1. The van der Waals surface area contributed by atoms with Crippen molar-refractivity contribution in [2.45, 2.75) is 12.4 Å². The van der Waals surface area contributed by atoms with Gasteiger partial charge < -0.3 is 10.4 Å². The van der Waals surface area contributed by atoms with E-state index in [0.29, 0.717) is 12.4 Å². The molecule has 0 fully saturated rings. The first-order chi connectivity index (χ1) is 9.15. The Morgan fingerprint density at radius 1 is 1.74 bits per heavy atom. The number of hydrogen-bond donors (Lipinski definition) is 2. The molecule has 1 rings (SSSR count). The van der Waals surface area contributed by atoms with Crippen LogP contribution in [0.25, 0.3) is 0 Å². The first-order valence-electron chi connectivity index (χ1n) is 5.59. The van der Waals surface area contributed by atoms with E-state index in [1.807, 2.05) is 5.38 Å². The molecule has 7 nitrogen and oxygen atoms in total. The maximum Gasteiger partial charge on any atom is 0.259 e. The standard InChI is InChI=1S/C10H16N4O3S2/c1-11-9(4-14(16)17)12-2-3-18-6-8-7-19-10(5-15)13-8/h7,15H,2-6H2,1H3,(H,11,12). The summed E-state index contributed by atoms with van der Waals surface area (Å²) < 4.78 is 0. The number of nitro groups is 1. The number of aliphatic hydroxyl groups is 1. The van der Waals surface area contributed by atoms with Gasteiger partial charge in [0.1, 0.15) is 5.01 Å². The quantitative estimate of drug-likeness (QED) is 0.242. The van der Waals surface area contributed by atoms with Crippen LogP contribution in [0.2, 0.25) is 0 Å². The molecular weight excluding hydrogens is 288 g/mol. The number of rotatable bonds is 8. The lowest BCUT2D eigenvalue weighted by atomic mass is 10.5. The highest BCUT2D eigenvalue weighted by Gasteiger charge is 2.05. The van der Waals surface area contributed by atoms with Crippen LogP contribution < -0.4 is 5.32 Å². The molecule has 0 amide bonds. The van der Waals surface area contributed by atoms with Crippen molar-refractivity contribution >= 4 is 28.9 Å². The number of aromatic nitrogens is 1. The Labute approximate surface area is 119 Å². The second-order valence-corrected chi connectivity index (χ2v) is 5.58. The van der Waals surface area contributed by atoms with Gasteiger partial charge in [-0.1, -0.05) is 0 Å². The van der Waals surface area contributed by atoms with E-state index in [1.54, 1.807) is 11.8 Å². The largest absolute Gasteiger partial charge is 0.389 e. The van der Waals surface area contributed by atoms with E-state index in [0.717, 1.165) is 22.2 Å². The number of nitrogens with one attached hydrogen (secondary N) is 1. The van der Waals surface area contributed by atoms with E-state index in [2.05, 4.69) is 15.3 Å². The summed E-state index contributed by atoms with van der Waals surface area (Å²) in [5.41, 5.74) is 0.953. The zero-order valence-electron chi connectivity index (χ0n) is 10.5. The number of thiazole rings is 1. The molecule has 0 saturated carbocycles. The Hall–Kier alpha value is -1.19. The molecule has 0 radical (unpaired) electrons. The van der Waals surface area contributed by atoms with Crippen molar-refractivity contribution in [1.29, 1.82) is 0 Å². The van der Waals surface area contributed by atoms with Crippen LogP contribution in [-0.4, -0.2) is 46.7 Å². The third kappa shape index (κ3) is 6.50. The predicted molar refractivity (Wildman–Crippen MR) is 77.4 cm³/mol. The lowest BCUT2D eigenvalue weighted by Crippen LogP contribution is -2.31. The Bertz CT molecular complexity index is 436. The van der Waals surface area contributed by atoms with Crippen molar-refractivity contribution in [2.75, 3.05) is 25.9 Å². The van der Waals surface area contributed by atoms with Gasteiger partial charge in [0.2, 0.25) is 0 Å². The van der Waals surface area contributed by atoms with E-state index < -0.39 is 4.92 Å². The Morgan fingerprint density at radius 2 is 2.53 bits per heavy atom. The van der Waals surface area contributed by atoms with Gasteiger partial charge in [0.25, 0.3) is 6.54 Å². The van der Waals surface area contributed by atoms with Crippen LogP contribution in [-0.2, 0) is 12.4 Å².